The van der Waals surface area contributed by atoms with Gasteiger partial charge in [-0.3, -0.25) is 24.0 Å². The fourth-order valence-corrected chi connectivity index (χ4v) is 5.74. The number of cyclic esters (lactones) is 1. The van der Waals surface area contributed by atoms with Gasteiger partial charge in [0, 0.05) is 37.8 Å². The van der Waals surface area contributed by atoms with Crippen molar-refractivity contribution in [3.8, 4) is 11.5 Å². The maximum absolute atomic E-state index is 13.1. The minimum absolute atomic E-state index is 0.0759. The molecule has 1 aliphatic heterocycles. The molecule has 2 rings (SSSR count). The lowest BCUT2D eigenvalue weighted by Gasteiger charge is -2.26. The van der Waals surface area contributed by atoms with Crippen molar-refractivity contribution in [1.29, 1.82) is 0 Å². The van der Waals surface area contributed by atoms with E-state index in [1.165, 1.54) is 28.1 Å². The Labute approximate surface area is 307 Å². The van der Waals surface area contributed by atoms with Crippen LogP contribution in [0.15, 0.2) is 11.6 Å². The highest BCUT2D eigenvalue weighted by molar-refractivity contribution is 5.99. The predicted molar refractivity (Wildman–Crippen MR) is 190 cm³/mol. The standard InChI is InChI=1S/C39H56O13/c1-25(18-20-32(42)46-7)17-19-30-35(47-8)26(2)31-24-50-37(44)34(31)36(30)52-33(43)16-14-12-10-9-11-13-15-21-39(5,6)38(45)51-29(22-48-27(3)40)23-49-28(4)41/h17,29H,9-16,18-24H2,1-8H3/b25-17+. The molecule has 52 heavy (non-hydrogen) atoms. The van der Waals surface area contributed by atoms with Gasteiger partial charge in [0.2, 0.25) is 0 Å². The van der Waals surface area contributed by atoms with E-state index in [1.807, 2.05) is 19.9 Å². The van der Waals surface area contributed by atoms with Crippen LogP contribution in [0.5, 0.6) is 11.5 Å². The lowest BCUT2D eigenvalue weighted by Crippen LogP contribution is -2.36. The number of benzene rings is 1. The van der Waals surface area contributed by atoms with Crippen LogP contribution in [0.1, 0.15) is 132 Å². The quantitative estimate of drug-likeness (QED) is 0.0389. The van der Waals surface area contributed by atoms with Crippen molar-refractivity contribution in [3.63, 3.8) is 0 Å². The highest BCUT2D eigenvalue weighted by Gasteiger charge is 2.34. The van der Waals surface area contributed by atoms with Crippen LogP contribution < -0.4 is 9.47 Å². The molecule has 1 aromatic carbocycles. The maximum Gasteiger partial charge on any atom is 0.342 e. The number of allylic oxidation sites excluding steroid dienone is 2. The summed E-state index contributed by atoms with van der Waals surface area (Å²) >= 11 is 0. The zero-order valence-electron chi connectivity index (χ0n) is 32.1. The van der Waals surface area contributed by atoms with Crippen LogP contribution >= 0.6 is 0 Å². The number of methoxy groups -OCH3 is 2. The smallest absolute Gasteiger partial charge is 0.342 e. The van der Waals surface area contributed by atoms with Crippen LogP contribution in [0, 0.1) is 12.3 Å². The second kappa shape index (κ2) is 21.8. The summed E-state index contributed by atoms with van der Waals surface area (Å²) < 4.78 is 37.0. The van der Waals surface area contributed by atoms with Gasteiger partial charge in [-0.05, 0) is 58.9 Å². The Morgan fingerprint density at radius 3 is 1.98 bits per heavy atom. The Balaban J connectivity index is 1.85. The Morgan fingerprint density at radius 2 is 1.40 bits per heavy atom. The van der Waals surface area contributed by atoms with Crippen LogP contribution in [0.25, 0.3) is 0 Å². The lowest BCUT2D eigenvalue weighted by molar-refractivity contribution is -0.172. The van der Waals surface area contributed by atoms with Crippen LogP contribution in [-0.4, -0.2) is 69.4 Å². The summed E-state index contributed by atoms with van der Waals surface area (Å²) in [5, 5.41) is 0. The molecule has 0 atom stereocenters. The van der Waals surface area contributed by atoms with Crippen molar-refractivity contribution in [1.82, 2.24) is 0 Å². The number of rotatable bonds is 23. The second-order valence-corrected chi connectivity index (χ2v) is 13.7. The third kappa shape index (κ3) is 14.3. The molecular formula is C39H56O13. The summed E-state index contributed by atoms with van der Waals surface area (Å²) in [6, 6.07) is 0. The second-order valence-electron chi connectivity index (χ2n) is 13.7. The average Bonchev–Trinajstić information content (AvgIpc) is 3.48. The summed E-state index contributed by atoms with van der Waals surface area (Å²) in [6.45, 7) is 9.50. The fraction of sp³-hybridized carbons (Fsp3) is 0.641. The average molecular weight is 733 g/mol. The van der Waals surface area contributed by atoms with Gasteiger partial charge < -0.3 is 33.2 Å². The van der Waals surface area contributed by atoms with Gasteiger partial charge in [0.1, 0.15) is 31.1 Å². The molecule has 0 spiro atoms. The number of unbranched alkanes of at least 4 members (excludes halogenated alkanes) is 6. The van der Waals surface area contributed by atoms with E-state index in [9.17, 15) is 28.8 Å². The van der Waals surface area contributed by atoms with Gasteiger partial charge >= 0.3 is 35.8 Å². The van der Waals surface area contributed by atoms with Gasteiger partial charge in [-0.15, -0.1) is 0 Å². The molecule has 1 aromatic rings. The van der Waals surface area contributed by atoms with Gasteiger partial charge in [0.25, 0.3) is 0 Å². The van der Waals surface area contributed by atoms with Gasteiger partial charge in [-0.2, -0.15) is 0 Å². The molecule has 0 saturated heterocycles. The zero-order chi connectivity index (χ0) is 38.8. The Kier molecular flexibility index (Phi) is 18.4. The Hall–Kier alpha value is -4.42. The molecule has 290 valence electrons. The molecule has 0 saturated carbocycles. The van der Waals surface area contributed by atoms with Crippen molar-refractivity contribution in [2.45, 2.75) is 131 Å². The number of hydrogen-bond acceptors (Lipinski definition) is 13. The van der Waals surface area contributed by atoms with Crippen molar-refractivity contribution < 1.29 is 61.9 Å². The zero-order valence-corrected chi connectivity index (χ0v) is 32.1. The fourth-order valence-electron chi connectivity index (χ4n) is 5.74. The molecular weight excluding hydrogens is 676 g/mol. The Bertz CT molecular complexity index is 1440. The summed E-state index contributed by atoms with van der Waals surface area (Å²) in [4.78, 5) is 72.6. The number of ether oxygens (including phenoxy) is 7. The molecule has 1 heterocycles. The first-order chi connectivity index (χ1) is 24.6. The van der Waals surface area contributed by atoms with Crippen molar-refractivity contribution >= 4 is 35.8 Å². The molecule has 0 fully saturated rings. The van der Waals surface area contributed by atoms with E-state index in [2.05, 4.69) is 0 Å². The SMILES string of the molecule is COC(=O)CC/C(C)=C/Cc1c(OC)c(C)c2c(c1OC(=O)CCCCCCCCCC(C)(C)C(=O)OC(COC(C)=O)COC(C)=O)C(=O)OC2. The van der Waals surface area contributed by atoms with E-state index in [1.54, 1.807) is 13.8 Å². The first kappa shape index (κ1) is 43.7. The molecule has 0 aliphatic carbocycles. The summed E-state index contributed by atoms with van der Waals surface area (Å²) in [7, 11) is 2.88. The number of hydrogen-bond donors (Lipinski definition) is 0. The van der Waals surface area contributed by atoms with E-state index < -0.39 is 41.4 Å². The number of carbonyl (C=O) groups is 6. The van der Waals surface area contributed by atoms with E-state index >= 15 is 0 Å². The van der Waals surface area contributed by atoms with E-state index in [4.69, 9.17) is 33.2 Å². The van der Waals surface area contributed by atoms with E-state index in [-0.39, 0.29) is 49.9 Å². The molecule has 0 bridgehead atoms. The van der Waals surface area contributed by atoms with Gasteiger partial charge in [0.15, 0.2) is 11.9 Å². The minimum Gasteiger partial charge on any atom is -0.496 e. The highest BCUT2D eigenvalue weighted by Crippen LogP contribution is 2.43. The minimum atomic E-state index is -0.882. The van der Waals surface area contributed by atoms with E-state index in [0.717, 1.165) is 49.7 Å². The maximum atomic E-state index is 13.1. The molecule has 0 aromatic heterocycles. The summed E-state index contributed by atoms with van der Waals surface area (Å²) in [6.07, 6.45) is 8.91. The van der Waals surface area contributed by atoms with Gasteiger partial charge in [-0.25, -0.2) is 4.79 Å². The highest BCUT2D eigenvalue weighted by atomic mass is 16.6. The summed E-state index contributed by atoms with van der Waals surface area (Å²) in [5.41, 5.74) is 2.39. The normalized spacial score (nSPS) is 12.6. The molecule has 0 N–H and O–H groups in total. The third-order valence-corrected chi connectivity index (χ3v) is 8.90. The first-order valence-electron chi connectivity index (χ1n) is 17.9. The summed E-state index contributed by atoms with van der Waals surface area (Å²) in [5.74, 6) is -2.11. The molecule has 13 heteroatoms. The topological polar surface area (TPSA) is 167 Å². The van der Waals surface area contributed by atoms with Crippen molar-refractivity contribution in [2.75, 3.05) is 27.4 Å². The van der Waals surface area contributed by atoms with Crippen LogP contribution in [0.4, 0.5) is 0 Å². The molecule has 0 amide bonds. The third-order valence-electron chi connectivity index (χ3n) is 8.90. The Morgan fingerprint density at radius 1 is 0.808 bits per heavy atom. The van der Waals surface area contributed by atoms with Crippen LogP contribution in [0.2, 0.25) is 0 Å². The number of carbonyl (C=O) groups excluding carboxylic acids is 6. The largest absolute Gasteiger partial charge is 0.496 e. The molecule has 13 nitrogen and oxygen atoms in total. The van der Waals surface area contributed by atoms with Crippen molar-refractivity contribution in [2.24, 2.45) is 5.41 Å². The number of fused-ring (bicyclic) bond motifs is 1. The van der Waals surface area contributed by atoms with Crippen LogP contribution in [0.3, 0.4) is 0 Å². The molecule has 1 aliphatic rings. The van der Waals surface area contributed by atoms with E-state index in [0.29, 0.717) is 42.6 Å². The molecule has 0 radical (unpaired) electrons. The predicted octanol–water partition coefficient (Wildman–Crippen LogP) is 6.60. The molecule has 0 unspecified atom stereocenters. The van der Waals surface area contributed by atoms with Gasteiger partial charge in [-0.1, -0.05) is 50.2 Å². The first-order valence-corrected chi connectivity index (χ1v) is 17.9. The van der Waals surface area contributed by atoms with Gasteiger partial charge in [0.05, 0.1) is 19.6 Å². The lowest BCUT2D eigenvalue weighted by atomic mass is 9.87. The number of esters is 6. The van der Waals surface area contributed by atoms with Crippen molar-refractivity contribution in [3.05, 3.63) is 33.9 Å². The van der Waals surface area contributed by atoms with Crippen LogP contribution in [-0.2, 0) is 60.7 Å². The monoisotopic (exact) mass is 732 g/mol.